The highest BCUT2D eigenvalue weighted by molar-refractivity contribution is 7.90. The lowest BCUT2D eigenvalue weighted by Crippen LogP contribution is -2.19. The number of carboxylic acids is 1. The Morgan fingerprint density at radius 1 is 1.07 bits per heavy atom. The first kappa shape index (κ1) is 21.8. The third-order valence-electron chi connectivity index (χ3n) is 4.19. The monoisotopic (exact) mass is 458 g/mol. The van der Waals surface area contributed by atoms with Gasteiger partial charge in [0.2, 0.25) is 0 Å². The predicted octanol–water partition coefficient (Wildman–Crippen LogP) is 4.38. The fourth-order valence-electron chi connectivity index (χ4n) is 2.94. The number of benzene rings is 2. The van der Waals surface area contributed by atoms with Gasteiger partial charge in [-0.15, -0.1) is 0 Å². The molecular formula is C19H14ClF3N2O4S. The zero-order valence-corrected chi connectivity index (χ0v) is 16.9. The molecule has 1 aromatic heterocycles. The van der Waals surface area contributed by atoms with Crippen LogP contribution in [0.15, 0.2) is 53.4 Å². The van der Waals surface area contributed by atoms with Crippen LogP contribution in [0.5, 0.6) is 0 Å². The summed E-state index contributed by atoms with van der Waals surface area (Å²) in [7, 11) is -3.51. The maximum Gasteiger partial charge on any atom is 0.433 e. The number of alkyl halides is 3. The number of aromatic nitrogens is 2. The van der Waals surface area contributed by atoms with Crippen LogP contribution in [0.4, 0.5) is 13.2 Å². The maximum absolute atomic E-state index is 13.9. The van der Waals surface area contributed by atoms with Crippen LogP contribution in [0.3, 0.4) is 0 Å². The number of hydrogen-bond donors (Lipinski definition) is 1. The molecule has 30 heavy (non-hydrogen) atoms. The molecule has 0 bridgehead atoms. The maximum atomic E-state index is 13.9. The van der Waals surface area contributed by atoms with Crippen molar-refractivity contribution >= 4 is 27.4 Å². The van der Waals surface area contributed by atoms with Crippen molar-refractivity contribution < 1.29 is 31.5 Å². The van der Waals surface area contributed by atoms with Gasteiger partial charge in [-0.25, -0.2) is 13.1 Å². The van der Waals surface area contributed by atoms with Crippen molar-refractivity contribution in [2.45, 2.75) is 17.6 Å². The summed E-state index contributed by atoms with van der Waals surface area (Å²) in [4.78, 5) is 11.1. The lowest BCUT2D eigenvalue weighted by atomic mass is 9.98. The molecule has 3 aromatic rings. The van der Waals surface area contributed by atoms with Crippen molar-refractivity contribution in [2.75, 3.05) is 6.26 Å². The molecule has 6 nitrogen and oxygen atoms in total. The van der Waals surface area contributed by atoms with E-state index in [1.54, 1.807) is 0 Å². The number of halogens is 4. The average molecular weight is 459 g/mol. The minimum absolute atomic E-state index is 0.0136. The first-order chi connectivity index (χ1) is 13.9. The van der Waals surface area contributed by atoms with Crippen molar-refractivity contribution in [2.24, 2.45) is 0 Å². The molecular weight excluding hydrogens is 445 g/mol. The van der Waals surface area contributed by atoms with Crippen molar-refractivity contribution in [1.82, 2.24) is 9.78 Å². The van der Waals surface area contributed by atoms with Crippen molar-refractivity contribution in [1.29, 1.82) is 0 Å². The topological polar surface area (TPSA) is 89.3 Å². The SMILES string of the molecule is CS(=O)(=O)c1ccc(-c2nn(CC(=O)O)c(C(F)(F)F)c2-c2ccc(Cl)cc2)cc1. The molecule has 0 aliphatic carbocycles. The van der Waals surface area contributed by atoms with Crippen LogP contribution >= 0.6 is 11.6 Å². The molecule has 0 aliphatic rings. The van der Waals surface area contributed by atoms with Crippen LogP contribution in [0.25, 0.3) is 22.4 Å². The minimum Gasteiger partial charge on any atom is -0.480 e. The van der Waals surface area contributed by atoms with Crippen LogP contribution < -0.4 is 0 Å². The number of hydrogen-bond acceptors (Lipinski definition) is 4. The van der Waals surface area contributed by atoms with Gasteiger partial charge in [0.05, 0.1) is 4.90 Å². The van der Waals surface area contributed by atoms with E-state index in [0.717, 1.165) is 6.26 Å². The van der Waals surface area contributed by atoms with E-state index in [9.17, 15) is 26.4 Å². The molecule has 0 amide bonds. The van der Waals surface area contributed by atoms with E-state index in [4.69, 9.17) is 16.7 Å². The van der Waals surface area contributed by atoms with Gasteiger partial charge in [-0.3, -0.25) is 4.79 Å². The smallest absolute Gasteiger partial charge is 0.433 e. The number of rotatable bonds is 5. The average Bonchev–Trinajstić information content (AvgIpc) is 3.00. The van der Waals surface area contributed by atoms with Gasteiger partial charge in [0, 0.05) is 22.4 Å². The van der Waals surface area contributed by atoms with Crippen molar-refractivity contribution in [3.63, 3.8) is 0 Å². The Kier molecular flexibility index (Phi) is 5.66. The van der Waals surface area contributed by atoms with Crippen molar-refractivity contribution in [3.8, 4) is 22.4 Å². The summed E-state index contributed by atoms with van der Waals surface area (Å²) in [5.74, 6) is -1.50. The summed E-state index contributed by atoms with van der Waals surface area (Å²) >= 11 is 5.84. The molecule has 158 valence electrons. The summed E-state index contributed by atoms with van der Waals surface area (Å²) in [6, 6.07) is 10.7. The lowest BCUT2D eigenvalue weighted by Gasteiger charge is -2.12. The molecule has 0 unspecified atom stereocenters. The second kappa shape index (κ2) is 7.77. The summed E-state index contributed by atoms with van der Waals surface area (Å²) in [6.45, 7) is -1.00. The highest BCUT2D eigenvalue weighted by Crippen LogP contribution is 2.43. The van der Waals surface area contributed by atoms with Crippen LogP contribution in [0, 0.1) is 0 Å². The zero-order valence-electron chi connectivity index (χ0n) is 15.3. The summed E-state index contributed by atoms with van der Waals surface area (Å²) in [5, 5.41) is 13.3. The highest BCUT2D eigenvalue weighted by Gasteiger charge is 2.41. The summed E-state index contributed by atoms with van der Waals surface area (Å²) in [6.07, 6.45) is -3.90. The summed E-state index contributed by atoms with van der Waals surface area (Å²) < 4.78 is 65.5. The molecule has 0 saturated heterocycles. The van der Waals surface area contributed by atoms with Gasteiger partial charge in [0.25, 0.3) is 0 Å². The fourth-order valence-corrected chi connectivity index (χ4v) is 3.70. The molecule has 0 saturated carbocycles. The third-order valence-corrected chi connectivity index (χ3v) is 5.58. The van der Waals surface area contributed by atoms with E-state index in [2.05, 4.69) is 5.10 Å². The minimum atomic E-state index is -4.90. The van der Waals surface area contributed by atoms with E-state index < -0.39 is 34.2 Å². The van der Waals surface area contributed by atoms with Gasteiger partial charge in [-0.2, -0.15) is 18.3 Å². The van der Waals surface area contributed by atoms with Gasteiger partial charge in [-0.1, -0.05) is 35.9 Å². The number of sulfone groups is 1. The lowest BCUT2D eigenvalue weighted by molar-refractivity contribution is -0.146. The largest absolute Gasteiger partial charge is 0.480 e. The van der Waals surface area contributed by atoms with Crippen LogP contribution in [-0.4, -0.2) is 35.5 Å². The molecule has 1 heterocycles. The van der Waals surface area contributed by atoms with Gasteiger partial charge in [-0.05, 0) is 29.8 Å². The quantitative estimate of drug-likeness (QED) is 0.613. The Balaban J connectivity index is 2.32. The molecule has 1 N–H and O–H groups in total. The van der Waals surface area contributed by atoms with Gasteiger partial charge in [0.1, 0.15) is 12.2 Å². The Labute approximate surface area is 174 Å². The zero-order chi connectivity index (χ0) is 22.3. The highest BCUT2D eigenvalue weighted by atomic mass is 35.5. The molecule has 11 heteroatoms. The standard InChI is InChI=1S/C19H14ClF3N2O4S/c1-30(28,29)14-8-4-12(5-9-14)17-16(11-2-6-13(20)7-3-11)18(19(21,22)23)25(24-17)10-15(26)27/h2-9H,10H2,1H3,(H,26,27). The molecule has 0 atom stereocenters. The van der Waals surface area contributed by atoms with Gasteiger partial charge >= 0.3 is 12.1 Å². The molecule has 2 aromatic carbocycles. The number of carbonyl (C=O) groups is 1. The predicted molar refractivity (Wildman–Crippen MR) is 104 cm³/mol. The second-order valence-electron chi connectivity index (χ2n) is 6.42. The number of carboxylic acid groups (broad SMARTS) is 1. The molecule has 0 fully saturated rings. The van der Waals surface area contributed by atoms with Gasteiger partial charge < -0.3 is 5.11 Å². The van der Waals surface area contributed by atoms with E-state index in [0.29, 0.717) is 9.70 Å². The van der Waals surface area contributed by atoms with E-state index in [1.165, 1.54) is 48.5 Å². The Morgan fingerprint density at radius 3 is 2.07 bits per heavy atom. The third kappa shape index (κ3) is 4.49. The van der Waals surface area contributed by atoms with Crippen LogP contribution in [0.1, 0.15) is 5.69 Å². The van der Waals surface area contributed by atoms with Crippen LogP contribution in [0.2, 0.25) is 5.02 Å². The molecule has 0 radical (unpaired) electrons. The number of nitrogens with zero attached hydrogens (tertiary/aromatic N) is 2. The van der Waals surface area contributed by atoms with Crippen molar-refractivity contribution in [3.05, 3.63) is 59.2 Å². The van der Waals surface area contributed by atoms with E-state index >= 15 is 0 Å². The molecule has 0 aliphatic heterocycles. The first-order valence-corrected chi connectivity index (χ1v) is 10.6. The van der Waals surface area contributed by atoms with E-state index in [-0.39, 0.29) is 27.3 Å². The first-order valence-electron chi connectivity index (χ1n) is 8.34. The van der Waals surface area contributed by atoms with Crippen LogP contribution in [-0.2, 0) is 27.4 Å². The number of aliphatic carboxylic acids is 1. The summed E-state index contributed by atoms with van der Waals surface area (Å²) in [5.41, 5.74) is -1.36. The Hall–Kier alpha value is -2.85. The Morgan fingerprint density at radius 2 is 1.60 bits per heavy atom. The molecule has 3 rings (SSSR count). The fraction of sp³-hybridized carbons (Fsp3) is 0.158. The van der Waals surface area contributed by atoms with Gasteiger partial charge in [0.15, 0.2) is 15.5 Å². The van der Waals surface area contributed by atoms with E-state index in [1.807, 2.05) is 0 Å². The normalized spacial score (nSPS) is 12.2. The Bertz CT molecular complexity index is 1200. The molecule has 0 spiro atoms. The second-order valence-corrected chi connectivity index (χ2v) is 8.88.